The molecule has 0 radical (unpaired) electrons. The van der Waals surface area contributed by atoms with Crippen LogP contribution in [0.2, 0.25) is 0 Å². The molecule has 0 bridgehead atoms. The monoisotopic (exact) mass is 237 g/mol. The van der Waals surface area contributed by atoms with Crippen LogP contribution in [0, 0.1) is 17.3 Å². The van der Waals surface area contributed by atoms with Crippen LogP contribution in [0.15, 0.2) is 11.6 Å². The Hall–Kier alpha value is -0.790. The van der Waals surface area contributed by atoms with Gasteiger partial charge in [-0.2, -0.15) is 0 Å². The largest absolute Gasteiger partial charge is 0.353 e. The second-order valence-electron chi connectivity index (χ2n) is 6.09. The topological polar surface area (TPSA) is 29.1 Å². The predicted molar refractivity (Wildman–Crippen MR) is 72.7 cm³/mol. The van der Waals surface area contributed by atoms with Gasteiger partial charge in [-0.05, 0) is 38.0 Å². The third-order valence-electron chi connectivity index (χ3n) is 4.04. The molecule has 1 N–H and O–H groups in total. The molecule has 98 valence electrons. The maximum Gasteiger partial charge on any atom is 0.224 e. The van der Waals surface area contributed by atoms with E-state index in [0.717, 1.165) is 12.8 Å². The minimum atomic E-state index is 0.132. The summed E-state index contributed by atoms with van der Waals surface area (Å²) >= 11 is 0. The van der Waals surface area contributed by atoms with Crippen LogP contribution < -0.4 is 5.32 Å². The molecular formula is C15H27NO. The number of hydrogen-bond donors (Lipinski definition) is 1. The first-order valence-corrected chi connectivity index (χ1v) is 6.79. The van der Waals surface area contributed by atoms with Gasteiger partial charge in [0.15, 0.2) is 0 Å². The summed E-state index contributed by atoms with van der Waals surface area (Å²) in [6.07, 6.45) is 4.28. The molecule has 2 atom stereocenters. The Morgan fingerprint density at radius 1 is 1.29 bits per heavy atom. The quantitative estimate of drug-likeness (QED) is 0.728. The Morgan fingerprint density at radius 3 is 2.24 bits per heavy atom. The Bertz CT molecular complexity index is 309. The number of amides is 1. The lowest BCUT2D eigenvalue weighted by atomic mass is 10.1. The summed E-state index contributed by atoms with van der Waals surface area (Å²) in [5, 5.41) is 3.17. The third-order valence-corrected chi connectivity index (χ3v) is 4.04. The van der Waals surface area contributed by atoms with Crippen molar-refractivity contribution in [1.82, 2.24) is 5.32 Å². The Kier molecular flexibility index (Phi) is 4.40. The summed E-state index contributed by atoms with van der Waals surface area (Å²) in [6.45, 7) is 12.8. The van der Waals surface area contributed by atoms with Crippen LogP contribution in [0.1, 0.15) is 54.4 Å². The van der Waals surface area contributed by atoms with Crippen molar-refractivity contribution < 1.29 is 4.79 Å². The fourth-order valence-corrected chi connectivity index (χ4v) is 2.63. The number of rotatable bonds is 5. The highest BCUT2D eigenvalue weighted by Crippen LogP contribution is 2.59. The highest BCUT2D eigenvalue weighted by Gasteiger charge is 2.60. The fraction of sp³-hybridized carbons (Fsp3) is 0.800. The zero-order chi connectivity index (χ0) is 13.2. The van der Waals surface area contributed by atoms with Crippen molar-refractivity contribution in [2.24, 2.45) is 17.3 Å². The van der Waals surface area contributed by atoms with Gasteiger partial charge in [0.2, 0.25) is 5.91 Å². The van der Waals surface area contributed by atoms with E-state index in [1.54, 1.807) is 0 Å². The van der Waals surface area contributed by atoms with Crippen LogP contribution in [0.25, 0.3) is 0 Å². The first kappa shape index (κ1) is 14.3. The van der Waals surface area contributed by atoms with Crippen molar-refractivity contribution in [2.75, 3.05) is 0 Å². The van der Waals surface area contributed by atoms with E-state index < -0.39 is 0 Å². The molecule has 0 aromatic heterocycles. The van der Waals surface area contributed by atoms with E-state index in [0.29, 0.717) is 12.0 Å². The molecule has 1 amide bonds. The lowest BCUT2D eigenvalue weighted by Crippen LogP contribution is -2.36. The molecule has 1 rings (SSSR count). The van der Waals surface area contributed by atoms with Crippen LogP contribution in [0.5, 0.6) is 0 Å². The van der Waals surface area contributed by atoms with Gasteiger partial charge in [0, 0.05) is 6.04 Å². The number of carbonyl (C=O) groups is 1. The molecule has 2 unspecified atom stereocenters. The second kappa shape index (κ2) is 5.24. The van der Waals surface area contributed by atoms with Crippen molar-refractivity contribution in [3.8, 4) is 0 Å². The molecule has 0 spiro atoms. The van der Waals surface area contributed by atoms with Crippen molar-refractivity contribution in [3.05, 3.63) is 11.6 Å². The van der Waals surface area contributed by atoms with Gasteiger partial charge in [0.25, 0.3) is 0 Å². The molecular weight excluding hydrogens is 210 g/mol. The maximum atomic E-state index is 12.2. The molecule has 0 heterocycles. The Labute approximate surface area is 106 Å². The minimum Gasteiger partial charge on any atom is -0.353 e. The van der Waals surface area contributed by atoms with Crippen molar-refractivity contribution in [2.45, 2.75) is 60.4 Å². The molecule has 1 saturated carbocycles. The SMILES string of the molecule is CCC(CC)NC(=O)C1C(C=C(C)C)C1(C)C. The van der Waals surface area contributed by atoms with E-state index in [2.05, 4.69) is 52.9 Å². The van der Waals surface area contributed by atoms with Gasteiger partial charge in [0.1, 0.15) is 0 Å². The van der Waals surface area contributed by atoms with E-state index in [-0.39, 0.29) is 17.2 Å². The average molecular weight is 237 g/mol. The summed E-state index contributed by atoms with van der Waals surface area (Å²) in [7, 11) is 0. The highest BCUT2D eigenvalue weighted by molar-refractivity contribution is 5.83. The van der Waals surface area contributed by atoms with Crippen molar-refractivity contribution >= 4 is 5.91 Å². The molecule has 0 aliphatic heterocycles. The molecule has 1 fully saturated rings. The number of carbonyl (C=O) groups excluding carboxylic acids is 1. The summed E-state index contributed by atoms with van der Waals surface area (Å²) in [5.41, 5.74) is 1.44. The lowest BCUT2D eigenvalue weighted by Gasteiger charge is -2.15. The van der Waals surface area contributed by atoms with Gasteiger partial charge in [0.05, 0.1) is 5.92 Å². The van der Waals surface area contributed by atoms with Gasteiger partial charge in [-0.3, -0.25) is 4.79 Å². The lowest BCUT2D eigenvalue weighted by molar-refractivity contribution is -0.123. The van der Waals surface area contributed by atoms with E-state index in [1.165, 1.54) is 5.57 Å². The second-order valence-corrected chi connectivity index (χ2v) is 6.09. The molecule has 2 heteroatoms. The van der Waals surface area contributed by atoms with Gasteiger partial charge in [-0.15, -0.1) is 0 Å². The van der Waals surface area contributed by atoms with Gasteiger partial charge >= 0.3 is 0 Å². The summed E-state index contributed by atoms with van der Waals surface area (Å²) in [5.74, 6) is 0.825. The van der Waals surface area contributed by atoms with Gasteiger partial charge in [-0.1, -0.05) is 39.3 Å². The van der Waals surface area contributed by atoms with E-state index in [9.17, 15) is 4.79 Å². The van der Waals surface area contributed by atoms with Gasteiger partial charge in [-0.25, -0.2) is 0 Å². The summed E-state index contributed by atoms with van der Waals surface area (Å²) in [4.78, 5) is 12.2. The number of allylic oxidation sites excluding steroid dienone is 2. The average Bonchev–Trinajstić information content (AvgIpc) is 2.75. The fourth-order valence-electron chi connectivity index (χ4n) is 2.63. The molecule has 17 heavy (non-hydrogen) atoms. The molecule has 2 nitrogen and oxygen atoms in total. The van der Waals surface area contributed by atoms with Crippen molar-refractivity contribution in [1.29, 1.82) is 0 Å². The standard InChI is InChI=1S/C15H27NO/c1-7-11(8-2)16-14(17)13-12(9-10(3)4)15(13,5)6/h9,11-13H,7-8H2,1-6H3,(H,16,17). The number of nitrogens with one attached hydrogen (secondary N) is 1. The molecule has 0 aromatic rings. The van der Waals surface area contributed by atoms with Crippen LogP contribution >= 0.6 is 0 Å². The van der Waals surface area contributed by atoms with Crippen LogP contribution in [-0.2, 0) is 4.79 Å². The van der Waals surface area contributed by atoms with Crippen LogP contribution in [0.3, 0.4) is 0 Å². The zero-order valence-corrected chi connectivity index (χ0v) is 12.1. The normalized spacial score (nSPS) is 25.6. The smallest absolute Gasteiger partial charge is 0.224 e. The molecule has 1 aliphatic rings. The minimum absolute atomic E-state index is 0.132. The zero-order valence-electron chi connectivity index (χ0n) is 12.1. The third kappa shape index (κ3) is 3.11. The summed E-state index contributed by atoms with van der Waals surface area (Å²) < 4.78 is 0. The highest BCUT2D eigenvalue weighted by atomic mass is 16.2. The Balaban J connectivity index is 2.63. The maximum absolute atomic E-state index is 12.2. The predicted octanol–water partition coefficient (Wildman–Crippen LogP) is 3.53. The van der Waals surface area contributed by atoms with Crippen LogP contribution in [0.4, 0.5) is 0 Å². The van der Waals surface area contributed by atoms with E-state index in [1.807, 2.05) is 0 Å². The van der Waals surface area contributed by atoms with Crippen LogP contribution in [-0.4, -0.2) is 11.9 Å². The molecule has 0 saturated heterocycles. The Morgan fingerprint density at radius 2 is 1.82 bits per heavy atom. The summed E-state index contributed by atoms with van der Waals surface area (Å²) in [6, 6.07) is 0.339. The first-order valence-electron chi connectivity index (χ1n) is 6.79. The number of hydrogen-bond acceptors (Lipinski definition) is 1. The van der Waals surface area contributed by atoms with E-state index in [4.69, 9.17) is 0 Å². The molecule has 0 aromatic carbocycles. The van der Waals surface area contributed by atoms with E-state index >= 15 is 0 Å². The molecule has 1 aliphatic carbocycles. The first-order chi connectivity index (χ1) is 7.84. The van der Waals surface area contributed by atoms with Crippen molar-refractivity contribution in [3.63, 3.8) is 0 Å². The van der Waals surface area contributed by atoms with Gasteiger partial charge < -0.3 is 5.32 Å².